The van der Waals surface area contributed by atoms with E-state index in [2.05, 4.69) is 54.5 Å². The predicted molar refractivity (Wildman–Crippen MR) is 111 cm³/mol. The van der Waals surface area contributed by atoms with E-state index in [1.807, 2.05) is 25.1 Å². The van der Waals surface area contributed by atoms with Crippen LogP contribution < -0.4 is 11.1 Å². The van der Waals surface area contributed by atoms with Gasteiger partial charge in [0.1, 0.15) is 0 Å². The SMILES string of the molecule is CCc1cccc(CC)c1NC(N)=NCC(CC(C)O)c1ccccc1. The number of nitrogens with two attached hydrogens (primary N) is 1. The second-order valence-electron chi connectivity index (χ2n) is 6.70. The van der Waals surface area contributed by atoms with Gasteiger partial charge in [-0.05, 0) is 42.9 Å². The zero-order valence-electron chi connectivity index (χ0n) is 16.1. The molecule has 0 aliphatic rings. The third kappa shape index (κ3) is 5.60. The molecule has 0 fully saturated rings. The number of benzene rings is 2. The molecule has 0 radical (unpaired) electrons. The number of guanidine groups is 1. The molecule has 0 bridgehead atoms. The molecule has 4 heteroatoms. The molecule has 26 heavy (non-hydrogen) atoms. The predicted octanol–water partition coefficient (Wildman–Crippen LogP) is 4.09. The highest BCUT2D eigenvalue weighted by atomic mass is 16.3. The summed E-state index contributed by atoms with van der Waals surface area (Å²) >= 11 is 0. The summed E-state index contributed by atoms with van der Waals surface area (Å²) < 4.78 is 0. The van der Waals surface area contributed by atoms with Crippen molar-refractivity contribution in [3.8, 4) is 0 Å². The van der Waals surface area contributed by atoms with Crippen molar-refractivity contribution in [3.05, 3.63) is 65.2 Å². The van der Waals surface area contributed by atoms with Crippen LogP contribution in [0.3, 0.4) is 0 Å². The molecule has 0 amide bonds. The van der Waals surface area contributed by atoms with Crippen LogP contribution in [0.25, 0.3) is 0 Å². The van der Waals surface area contributed by atoms with E-state index in [9.17, 15) is 5.11 Å². The fraction of sp³-hybridized carbons (Fsp3) is 0.409. The molecular formula is C22H31N3O. The van der Waals surface area contributed by atoms with Gasteiger partial charge in [-0.2, -0.15) is 0 Å². The number of rotatable bonds is 8. The summed E-state index contributed by atoms with van der Waals surface area (Å²) in [7, 11) is 0. The van der Waals surface area contributed by atoms with Gasteiger partial charge in [0.05, 0.1) is 6.10 Å². The zero-order valence-corrected chi connectivity index (χ0v) is 16.1. The molecule has 0 aliphatic carbocycles. The highest BCUT2D eigenvalue weighted by Gasteiger charge is 2.14. The highest BCUT2D eigenvalue weighted by molar-refractivity contribution is 5.93. The lowest BCUT2D eigenvalue weighted by molar-refractivity contribution is 0.175. The van der Waals surface area contributed by atoms with Crippen LogP contribution in [0.2, 0.25) is 0 Å². The number of aryl methyl sites for hydroxylation is 2. The second-order valence-corrected chi connectivity index (χ2v) is 6.70. The Hall–Kier alpha value is -2.33. The minimum Gasteiger partial charge on any atom is -0.393 e. The van der Waals surface area contributed by atoms with Crippen molar-refractivity contribution >= 4 is 11.6 Å². The minimum absolute atomic E-state index is 0.142. The van der Waals surface area contributed by atoms with E-state index < -0.39 is 0 Å². The first-order valence-electron chi connectivity index (χ1n) is 9.45. The number of para-hydroxylation sites is 1. The fourth-order valence-corrected chi connectivity index (χ4v) is 3.23. The largest absolute Gasteiger partial charge is 0.393 e. The maximum absolute atomic E-state index is 9.83. The third-order valence-corrected chi connectivity index (χ3v) is 4.63. The molecule has 2 atom stereocenters. The van der Waals surface area contributed by atoms with Gasteiger partial charge in [0.15, 0.2) is 5.96 Å². The summed E-state index contributed by atoms with van der Waals surface area (Å²) in [5, 5.41) is 13.1. The van der Waals surface area contributed by atoms with Crippen molar-refractivity contribution in [2.75, 3.05) is 11.9 Å². The quantitative estimate of drug-likeness (QED) is 0.494. The van der Waals surface area contributed by atoms with Crippen molar-refractivity contribution in [1.82, 2.24) is 0 Å². The molecule has 2 aromatic carbocycles. The first kappa shape index (κ1) is 20.0. The molecular weight excluding hydrogens is 322 g/mol. The van der Waals surface area contributed by atoms with Gasteiger partial charge >= 0.3 is 0 Å². The molecule has 0 aromatic heterocycles. The summed E-state index contributed by atoms with van der Waals surface area (Å²) in [6.45, 7) is 6.64. The Labute approximate surface area is 157 Å². The molecule has 0 heterocycles. The molecule has 2 rings (SSSR count). The summed E-state index contributed by atoms with van der Waals surface area (Å²) in [5.74, 6) is 0.565. The number of hydrogen-bond acceptors (Lipinski definition) is 2. The van der Waals surface area contributed by atoms with Crippen molar-refractivity contribution in [2.45, 2.75) is 52.1 Å². The lowest BCUT2D eigenvalue weighted by atomic mass is 9.93. The van der Waals surface area contributed by atoms with Crippen LogP contribution >= 0.6 is 0 Å². The lowest BCUT2D eigenvalue weighted by Gasteiger charge is -2.18. The highest BCUT2D eigenvalue weighted by Crippen LogP contribution is 2.24. The monoisotopic (exact) mass is 353 g/mol. The number of hydrogen-bond donors (Lipinski definition) is 3. The lowest BCUT2D eigenvalue weighted by Crippen LogP contribution is -2.25. The maximum Gasteiger partial charge on any atom is 0.193 e. The van der Waals surface area contributed by atoms with Gasteiger partial charge in [0.25, 0.3) is 0 Å². The Kier molecular flexibility index (Phi) is 7.67. The molecule has 0 saturated carbocycles. The third-order valence-electron chi connectivity index (χ3n) is 4.63. The van der Waals surface area contributed by atoms with Gasteiger partial charge in [-0.25, -0.2) is 0 Å². The maximum atomic E-state index is 9.83. The second kappa shape index (κ2) is 9.97. The summed E-state index contributed by atoms with van der Waals surface area (Å²) in [6.07, 6.45) is 2.17. The Morgan fingerprint density at radius 1 is 1.04 bits per heavy atom. The number of nitrogens with zero attached hydrogens (tertiary/aromatic N) is 1. The van der Waals surface area contributed by atoms with Crippen LogP contribution in [0.1, 0.15) is 49.8 Å². The molecule has 0 spiro atoms. The van der Waals surface area contributed by atoms with E-state index >= 15 is 0 Å². The molecule has 0 aliphatic heterocycles. The Morgan fingerprint density at radius 3 is 2.19 bits per heavy atom. The molecule has 4 N–H and O–H groups in total. The summed E-state index contributed by atoms with van der Waals surface area (Å²) in [5.41, 5.74) is 10.9. The van der Waals surface area contributed by atoms with Crippen LogP contribution in [0.4, 0.5) is 5.69 Å². The Balaban J connectivity index is 2.15. The van der Waals surface area contributed by atoms with Gasteiger partial charge in [0, 0.05) is 18.2 Å². The first-order chi connectivity index (χ1) is 12.5. The molecule has 0 saturated heterocycles. The van der Waals surface area contributed by atoms with E-state index in [1.54, 1.807) is 0 Å². The van der Waals surface area contributed by atoms with E-state index in [4.69, 9.17) is 5.73 Å². The van der Waals surface area contributed by atoms with Crippen molar-refractivity contribution in [3.63, 3.8) is 0 Å². The Morgan fingerprint density at radius 2 is 1.65 bits per heavy atom. The molecule has 2 aromatic rings. The van der Waals surface area contributed by atoms with E-state index in [1.165, 1.54) is 16.7 Å². The van der Waals surface area contributed by atoms with Crippen molar-refractivity contribution in [1.29, 1.82) is 0 Å². The zero-order chi connectivity index (χ0) is 18.9. The number of nitrogens with one attached hydrogen (secondary N) is 1. The fourth-order valence-electron chi connectivity index (χ4n) is 3.23. The van der Waals surface area contributed by atoms with E-state index in [-0.39, 0.29) is 12.0 Å². The standard InChI is InChI=1S/C22H31N3O/c1-4-17-12-9-13-18(5-2)21(17)25-22(23)24-15-20(14-16(3)26)19-10-7-6-8-11-19/h6-13,16,20,26H,4-5,14-15H2,1-3H3,(H3,23,24,25). The number of aliphatic hydroxyl groups excluding tert-OH is 1. The number of aliphatic imine (C=N–C) groups is 1. The minimum atomic E-state index is -0.378. The van der Waals surface area contributed by atoms with Crippen molar-refractivity contribution < 1.29 is 5.11 Å². The normalized spacial score (nSPS) is 14.1. The number of aliphatic hydroxyl groups is 1. The van der Waals surface area contributed by atoms with Crippen LogP contribution in [0.5, 0.6) is 0 Å². The van der Waals surface area contributed by atoms with Crippen LogP contribution in [0.15, 0.2) is 53.5 Å². The summed E-state index contributed by atoms with van der Waals surface area (Å²) in [4.78, 5) is 4.57. The first-order valence-corrected chi connectivity index (χ1v) is 9.45. The van der Waals surface area contributed by atoms with Gasteiger partial charge in [-0.1, -0.05) is 62.4 Å². The summed E-state index contributed by atoms with van der Waals surface area (Å²) in [6, 6.07) is 16.5. The van der Waals surface area contributed by atoms with Gasteiger partial charge in [-0.15, -0.1) is 0 Å². The van der Waals surface area contributed by atoms with E-state index in [0.717, 1.165) is 18.5 Å². The van der Waals surface area contributed by atoms with Crippen LogP contribution in [-0.4, -0.2) is 23.7 Å². The van der Waals surface area contributed by atoms with E-state index in [0.29, 0.717) is 18.9 Å². The molecule has 4 nitrogen and oxygen atoms in total. The van der Waals surface area contributed by atoms with Gasteiger partial charge in [-0.3, -0.25) is 4.99 Å². The van der Waals surface area contributed by atoms with Crippen molar-refractivity contribution in [2.24, 2.45) is 10.7 Å². The Bertz CT molecular complexity index is 688. The smallest absolute Gasteiger partial charge is 0.193 e. The van der Waals surface area contributed by atoms with Crippen LogP contribution in [0, 0.1) is 0 Å². The molecule has 140 valence electrons. The topological polar surface area (TPSA) is 70.6 Å². The molecule has 2 unspecified atom stereocenters. The van der Waals surface area contributed by atoms with Gasteiger partial charge < -0.3 is 16.2 Å². The van der Waals surface area contributed by atoms with Crippen LogP contribution in [-0.2, 0) is 12.8 Å². The number of anilines is 1. The van der Waals surface area contributed by atoms with Gasteiger partial charge in [0.2, 0.25) is 0 Å². The average Bonchev–Trinajstić information content (AvgIpc) is 2.65. The average molecular weight is 354 g/mol.